The van der Waals surface area contributed by atoms with Gasteiger partial charge >= 0.3 is 0 Å². The van der Waals surface area contributed by atoms with Crippen molar-refractivity contribution >= 4 is 33.6 Å². The normalized spacial score (nSPS) is 18.5. The van der Waals surface area contributed by atoms with Crippen molar-refractivity contribution in [3.8, 4) is 0 Å². The van der Waals surface area contributed by atoms with Crippen LogP contribution in [0.3, 0.4) is 0 Å². The molecule has 1 unspecified atom stereocenters. The van der Waals surface area contributed by atoms with Gasteiger partial charge in [-0.2, -0.15) is 4.98 Å². The molecule has 1 fully saturated rings. The molecule has 1 aliphatic rings. The number of anilines is 2. The monoisotopic (exact) mass is 327 g/mol. The number of rotatable bonds is 4. The minimum absolute atomic E-state index is 0.0352. The number of carbonyl (C=O) groups is 1. The Hall–Kier alpha value is -1.37. The molecule has 1 aromatic heterocycles. The van der Waals surface area contributed by atoms with Gasteiger partial charge in [-0.05, 0) is 35.7 Å². The van der Waals surface area contributed by atoms with Gasteiger partial charge in [0.05, 0.1) is 4.47 Å². The summed E-state index contributed by atoms with van der Waals surface area (Å²) in [6.45, 7) is 3.59. The Morgan fingerprint density at radius 1 is 1.63 bits per heavy atom. The highest BCUT2D eigenvalue weighted by Gasteiger charge is 2.32. The lowest BCUT2D eigenvalue weighted by molar-refractivity contribution is -0.121. The summed E-state index contributed by atoms with van der Waals surface area (Å²) in [5.74, 6) is 1.40. The topological polar surface area (TPSA) is 70.2 Å². The van der Waals surface area contributed by atoms with Crippen LogP contribution in [-0.2, 0) is 4.79 Å². The van der Waals surface area contributed by atoms with Crippen LogP contribution in [-0.4, -0.2) is 42.1 Å². The molecule has 0 aromatic carbocycles. The summed E-state index contributed by atoms with van der Waals surface area (Å²) >= 11 is 3.46. The molecular formula is C12H18BrN5O. The van der Waals surface area contributed by atoms with Crippen molar-refractivity contribution in [3.63, 3.8) is 0 Å². The summed E-state index contributed by atoms with van der Waals surface area (Å²) in [5.41, 5.74) is 0. The van der Waals surface area contributed by atoms with Crippen LogP contribution in [0.2, 0.25) is 0 Å². The van der Waals surface area contributed by atoms with Crippen LogP contribution in [0.15, 0.2) is 10.7 Å². The van der Waals surface area contributed by atoms with Crippen LogP contribution in [0.25, 0.3) is 0 Å². The minimum atomic E-state index is -0.148. The number of halogens is 1. The smallest absolute Gasteiger partial charge is 0.242 e. The van der Waals surface area contributed by atoms with E-state index < -0.39 is 0 Å². The predicted octanol–water partition coefficient (Wildman–Crippen LogP) is 1.39. The number of hydrogen-bond donors (Lipinski definition) is 2. The van der Waals surface area contributed by atoms with Crippen molar-refractivity contribution in [1.29, 1.82) is 0 Å². The zero-order valence-electron chi connectivity index (χ0n) is 11.1. The lowest BCUT2D eigenvalue weighted by Crippen LogP contribution is -2.42. The fourth-order valence-electron chi connectivity index (χ4n) is 2.26. The summed E-state index contributed by atoms with van der Waals surface area (Å²) < 4.78 is 0.810. The van der Waals surface area contributed by atoms with Gasteiger partial charge < -0.3 is 15.5 Å². The van der Waals surface area contributed by atoms with E-state index in [0.717, 1.165) is 36.2 Å². The molecule has 0 radical (unpaired) electrons. The van der Waals surface area contributed by atoms with Crippen LogP contribution < -0.4 is 15.5 Å². The number of hydrogen-bond acceptors (Lipinski definition) is 5. The standard InChI is InChI=1S/C12H18BrN5O/c1-3-15-12-16-7-8(13)10(17-12)18-6-4-5-9(18)11(19)14-2/h7,9H,3-6H2,1-2H3,(H,14,19)(H,15,16,17). The largest absolute Gasteiger partial charge is 0.357 e. The molecule has 0 bridgehead atoms. The fourth-order valence-corrected chi connectivity index (χ4v) is 2.68. The van der Waals surface area contributed by atoms with E-state index in [1.165, 1.54) is 0 Å². The molecule has 1 saturated heterocycles. The molecule has 19 heavy (non-hydrogen) atoms. The highest BCUT2D eigenvalue weighted by atomic mass is 79.9. The Balaban J connectivity index is 2.29. The molecular weight excluding hydrogens is 310 g/mol. The van der Waals surface area contributed by atoms with Crippen molar-refractivity contribution in [2.75, 3.05) is 30.4 Å². The fraction of sp³-hybridized carbons (Fsp3) is 0.583. The lowest BCUT2D eigenvalue weighted by Gasteiger charge is -2.25. The predicted molar refractivity (Wildman–Crippen MR) is 78.3 cm³/mol. The number of nitrogens with one attached hydrogen (secondary N) is 2. The van der Waals surface area contributed by atoms with Crippen molar-refractivity contribution in [3.05, 3.63) is 10.7 Å². The summed E-state index contributed by atoms with van der Waals surface area (Å²) in [5, 5.41) is 5.80. The molecule has 6 nitrogen and oxygen atoms in total. The molecule has 2 heterocycles. The summed E-state index contributed by atoms with van der Waals surface area (Å²) in [6.07, 6.45) is 3.57. The first-order chi connectivity index (χ1) is 9.17. The second kappa shape index (κ2) is 6.18. The molecule has 1 aliphatic heterocycles. The third-order valence-corrected chi connectivity index (χ3v) is 3.69. The van der Waals surface area contributed by atoms with Crippen LogP contribution in [0, 0.1) is 0 Å². The van der Waals surface area contributed by atoms with E-state index in [9.17, 15) is 4.79 Å². The van der Waals surface area contributed by atoms with E-state index in [4.69, 9.17) is 0 Å². The molecule has 1 aromatic rings. The zero-order valence-corrected chi connectivity index (χ0v) is 12.7. The zero-order chi connectivity index (χ0) is 13.8. The minimum Gasteiger partial charge on any atom is -0.357 e. The van der Waals surface area contributed by atoms with Gasteiger partial charge in [-0.15, -0.1) is 0 Å². The molecule has 104 valence electrons. The van der Waals surface area contributed by atoms with E-state index in [2.05, 4.69) is 36.5 Å². The second-order valence-electron chi connectivity index (χ2n) is 4.36. The number of nitrogens with zero attached hydrogens (tertiary/aromatic N) is 3. The van der Waals surface area contributed by atoms with E-state index in [1.807, 2.05) is 11.8 Å². The maximum absolute atomic E-state index is 11.9. The Kier molecular flexibility index (Phi) is 4.57. The van der Waals surface area contributed by atoms with Crippen molar-refractivity contribution in [2.45, 2.75) is 25.8 Å². The highest BCUT2D eigenvalue weighted by molar-refractivity contribution is 9.10. The van der Waals surface area contributed by atoms with Gasteiger partial charge in [-0.3, -0.25) is 4.79 Å². The van der Waals surface area contributed by atoms with Crippen molar-refractivity contribution < 1.29 is 4.79 Å². The van der Waals surface area contributed by atoms with Crippen LogP contribution in [0.1, 0.15) is 19.8 Å². The van der Waals surface area contributed by atoms with Gasteiger partial charge in [0, 0.05) is 26.3 Å². The molecule has 2 rings (SSSR count). The van der Waals surface area contributed by atoms with Gasteiger partial charge in [0.2, 0.25) is 11.9 Å². The SMILES string of the molecule is CCNc1ncc(Br)c(N2CCCC2C(=O)NC)n1. The average molecular weight is 328 g/mol. The van der Waals surface area contributed by atoms with E-state index in [0.29, 0.717) is 5.95 Å². The molecule has 0 spiro atoms. The van der Waals surface area contributed by atoms with Crippen LogP contribution in [0.4, 0.5) is 11.8 Å². The Labute approximate surface area is 121 Å². The Morgan fingerprint density at radius 3 is 3.11 bits per heavy atom. The van der Waals surface area contributed by atoms with Gasteiger partial charge in [0.15, 0.2) is 0 Å². The first-order valence-electron chi connectivity index (χ1n) is 6.42. The van der Waals surface area contributed by atoms with E-state index >= 15 is 0 Å². The maximum Gasteiger partial charge on any atom is 0.242 e. The number of amides is 1. The van der Waals surface area contributed by atoms with Crippen LogP contribution in [0.5, 0.6) is 0 Å². The van der Waals surface area contributed by atoms with Crippen LogP contribution >= 0.6 is 15.9 Å². The quantitative estimate of drug-likeness (QED) is 0.874. The third-order valence-electron chi connectivity index (χ3n) is 3.13. The molecule has 1 amide bonds. The van der Waals surface area contributed by atoms with Gasteiger partial charge in [0.1, 0.15) is 11.9 Å². The van der Waals surface area contributed by atoms with Gasteiger partial charge in [-0.25, -0.2) is 4.98 Å². The molecule has 0 aliphatic carbocycles. The molecule has 1 atom stereocenters. The number of aromatic nitrogens is 2. The first kappa shape index (κ1) is 14.0. The molecule has 7 heteroatoms. The van der Waals surface area contributed by atoms with Gasteiger partial charge in [-0.1, -0.05) is 0 Å². The van der Waals surface area contributed by atoms with Gasteiger partial charge in [0.25, 0.3) is 0 Å². The second-order valence-corrected chi connectivity index (χ2v) is 5.22. The number of likely N-dealkylation sites (N-methyl/N-ethyl adjacent to an activating group) is 1. The van der Waals surface area contributed by atoms with E-state index in [-0.39, 0.29) is 11.9 Å². The summed E-state index contributed by atoms with van der Waals surface area (Å²) in [7, 11) is 1.66. The highest BCUT2D eigenvalue weighted by Crippen LogP contribution is 2.30. The summed E-state index contributed by atoms with van der Waals surface area (Å²) in [6, 6.07) is -0.148. The number of carbonyl (C=O) groups excluding carboxylic acids is 1. The maximum atomic E-state index is 11.9. The average Bonchev–Trinajstić information content (AvgIpc) is 2.89. The first-order valence-corrected chi connectivity index (χ1v) is 7.21. The summed E-state index contributed by atoms with van der Waals surface area (Å²) in [4.78, 5) is 22.6. The Morgan fingerprint density at radius 2 is 2.42 bits per heavy atom. The Bertz CT molecular complexity index is 467. The molecule has 0 saturated carbocycles. The lowest BCUT2D eigenvalue weighted by atomic mass is 10.2. The third kappa shape index (κ3) is 2.97. The van der Waals surface area contributed by atoms with E-state index in [1.54, 1.807) is 13.2 Å². The van der Waals surface area contributed by atoms with Crippen molar-refractivity contribution in [2.24, 2.45) is 0 Å². The van der Waals surface area contributed by atoms with Crippen molar-refractivity contribution in [1.82, 2.24) is 15.3 Å². The molecule has 2 N–H and O–H groups in total.